The molecule has 27 heavy (non-hydrogen) atoms. The summed E-state index contributed by atoms with van der Waals surface area (Å²) < 4.78 is 10.6. The number of rotatable bonds is 5. The predicted octanol–water partition coefficient (Wildman–Crippen LogP) is 4.41. The molecule has 1 amide bonds. The fourth-order valence-electron chi connectivity index (χ4n) is 2.40. The Balaban J connectivity index is 1.62. The average Bonchev–Trinajstić information content (AvgIpc) is 3.05. The highest BCUT2D eigenvalue weighted by Crippen LogP contribution is 2.23. The Hall–Kier alpha value is -3.12. The van der Waals surface area contributed by atoms with E-state index in [0.717, 1.165) is 11.1 Å². The SMILES string of the molecule is Cc1ccc(NC(=O)COC(=O)c2nc(-c3ccccc3)oc2C)c(Cl)c1. The third-order valence-corrected chi connectivity index (χ3v) is 4.06. The van der Waals surface area contributed by atoms with Gasteiger partial charge in [-0.15, -0.1) is 0 Å². The van der Waals surface area contributed by atoms with E-state index in [1.807, 2.05) is 43.3 Å². The van der Waals surface area contributed by atoms with Crippen LogP contribution in [0.2, 0.25) is 5.02 Å². The number of hydrogen-bond donors (Lipinski definition) is 1. The monoisotopic (exact) mass is 384 g/mol. The van der Waals surface area contributed by atoms with Crippen molar-refractivity contribution in [2.45, 2.75) is 13.8 Å². The molecule has 138 valence electrons. The van der Waals surface area contributed by atoms with Crippen molar-refractivity contribution in [2.75, 3.05) is 11.9 Å². The van der Waals surface area contributed by atoms with Crippen LogP contribution >= 0.6 is 11.6 Å². The van der Waals surface area contributed by atoms with E-state index in [2.05, 4.69) is 10.3 Å². The van der Waals surface area contributed by atoms with E-state index in [1.54, 1.807) is 19.1 Å². The van der Waals surface area contributed by atoms with Crippen LogP contribution in [0.1, 0.15) is 21.8 Å². The number of nitrogens with zero attached hydrogens (tertiary/aromatic N) is 1. The smallest absolute Gasteiger partial charge is 0.361 e. The number of carbonyl (C=O) groups is 2. The van der Waals surface area contributed by atoms with Gasteiger partial charge < -0.3 is 14.5 Å². The molecule has 0 aliphatic rings. The molecule has 0 bridgehead atoms. The highest BCUT2D eigenvalue weighted by Gasteiger charge is 2.20. The van der Waals surface area contributed by atoms with Gasteiger partial charge in [0.1, 0.15) is 5.76 Å². The minimum atomic E-state index is -0.733. The Morgan fingerprint density at radius 1 is 1.15 bits per heavy atom. The lowest BCUT2D eigenvalue weighted by molar-refractivity contribution is -0.119. The molecule has 0 saturated carbocycles. The second kappa shape index (κ2) is 8.05. The first-order valence-electron chi connectivity index (χ1n) is 8.20. The van der Waals surface area contributed by atoms with Crippen molar-refractivity contribution >= 4 is 29.2 Å². The normalized spacial score (nSPS) is 10.5. The fraction of sp³-hybridized carbons (Fsp3) is 0.150. The second-order valence-corrected chi connectivity index (χ2v) is 6.30. The summed E-state index contributed by atoms with van der Waals surface area (Å²) in [6.45, 7) is 3.04. The third kappa shape index (κ3) is 4.54. The van der Waals surface area contributed by atoms with Gasteiger partial charge in [-0.25, -0.2) is 9.78 Å². The molecule has 0 atom stereocenters. The molecule has 3 rings (SSSR count). The van der Waals surface area contributed by atoms with Crippen LogP contribution in [0.3, 0.4) is 0 Å². The van der Waals surface area contributed by atoms with E-state index in [9.17, 15) is 9.59 Å². The summed E-state index contributed by atoms with van der Waals surface area (Å²) in [6.07, 6.45) is 0. The van der Waals surface area contributed by atoms with Crippen molar-refractivity contribution in [3.05, 3.63) is 70.6 Å². The number of carbonyl (C=O) groups excluding carboxylic acids is 2. The Morgan fingerprint density at radius 3 is 2.59 bits per heavy atom. The summed E-state index contributed by atoms with van der Waals surface area (Å²) >= 11 is 6.07. The van der Waals surface area contributed by atoms with Crippen molar-refractivity contribution in [3.63, 3.8) is 0 Å². The Bertz CT molecular complexity index is 983. The third-order valence-electron chi connectivity index (χ3n) is 3.74. The molecule has 6 nitrogen and oxygen atoms in total. The Labute approximate surface area is 161 Å². The van der Waals surface area contributed by atoms with Crippen molar-refractivity contribution in [3.8, 4) is 11.5 Å². The number of halogens is 1. The molecule has 0 unspecified atom stereocenters. The van der Waals surface area contributed by atoms with Gasteiger partial charge in [0.25, 0.3) is 5.91 Å². The summed E-state index contributed by atoms with van der Waals surface area (Å²) in [6, 6.07) is 14.4. The molecule has 3 aromatic rings. The molecule has 0 radical (unpaired) electrons. The minimum absolute atomic E-state index is 0.0371. The maximum atomic E-state index is 12.2. The number of amides is 1. The molecule has 0 fully saturated rings. The number of oxazole rings is 1. The van der Waals surface area contributed by atoms with Crippen LogP contribution in [0.15, 0.2) is 52.9 Å². The quantitative estimate of drug-likeness (QED) is 0.659. The zero-order valence-corrected chi connectivity index (χ0v) is 15.5. The first-order valence-corrected chi connectivity index (χ1v) is 8.58. The van der Waals surface area contributed by atoms with E-state index >= 15 is 0 Å². The lowest BCUT2D eigenvalue weighted by Crippen LogP contribution is -2.21. The zero-order chi connectivity index (χ0) is 19.4. The molecule has 1 N–H and O–H groups in total. The van der Waals surface area contributed by atoms with E-state index in [1.165, 1.54) is 0 Å². The van der Waals surface area contributed by atoms with Gasteiger partial charge in [-0.3, -0.25) is 4.79 Å². The lowest BCUT2D eigenvalue weighted by Gasteiger charge is -2.08. The molecular formula is C20H17ClN2O4. The Morgan fingerprint density at radius 2 is 1.89 bits per heavy atom. The molecule has 0 aliphatic heterocycles. The van der Waals surface area contributed by atoms with Gasteiger partial charge in [-0.05, 0) is 43.7 Å². The molecule has 1 aromatic heterocycles. The molecule has 0 aliphatic carbocycles. The van der Waals surface area contributed by atoms with Crippen molar-refractivity contribution in [1.29, 1.82) is 0 Å². The number of aromatic nitrogens is 1. The number of esters is 1. The van der Waals surface area contributed by atoms with Crippen LogP contribution in [0.4, 0.5) is 5.69 Å². The first-order chi connectivity index (χ1) is 12.9. The van der Waals surface area contributed by atoms with Crippen LogP contribution < -0.4 is 5.32 Å². The molecule has 2 aromatic carbocycles. The lowest BCUT2D eigenvalue weighted by atomic mass is 10.2. The summed E-state index contributed by atoms with van der Waals surface area (Å²) in [5, 5.41) is 3.01. The zero-order valence-electron chi connectivity index (χ0n) is 14.8. The molecule has 1 heterocycles. The van der Waals surface area contributed by atoms with Crippen LogP contribution in [0.25, 0.3) is 11.5 Å². The van der Waals surface area contributed by atoms with Gasteiger partial charge in [-0.1, -0.05) is 35.9 Å². The summed E-state index contributed by atoms with van der Waals surface area (Å²) in [4.78, 5) is 28.4. The molecule has 0 saturated heterocycles. The summed E-state index contributed by atoms with van der Waals surface area (Å²) in [5.74, 6) is -0.598. The number of ether oxygens (including phenoxy) is 1. The fourth-order valence-corrected chi connectivity index (χ4v) is 2.68. The molecule has 7 heteroatoms. The van der Waals surface area contributed by atoms with Crippen molar-refractivity contribution in [2.24, 2.45) is 0 Å². The predicted molar refractivity (Wildman–Crippen MR) is 102 cm³/mol. The van der Waals surface area contributed by atoms with E-state index in [0.29, 0.717) is 22.4 Å². The number of hydrogen-bond acceptors (Lipinski definition) is 5. The summed E-state index contributed by atoms with van der Waals surface area (Å²) in [5.41, 5.74) is 2.20. The van der Waals surface area contributed by atoms with Crippen LogP contribution in [-0.2, 0) is 9.53 Å². The van der Waals surface area contributed by atoms with Gasteiger partial charge in [-0.2, -0.15) is 0 Å². The van der Waals surface area contributed by atoms with Crippen LogP contribution in [0.5, 0.6) is 0 Å². The second-order valence-electron chi connectivity index (χ2n) is 5.90. The number of benzene rings is 2. The molecule has 0 spiro atoms. The Kier molecular flexibility index (Phi) is 5.57. The number of nitrogens with one attached hydrogen (secondary N) is 1. The largest absolute Gasteiger partial charge is 0.451 e. The maximum Gasteiger partial charge on any atom is 0.361 e. The first kappa shape index (κ1) is 18.7. The van der Waals surface area contributed by atoms with E-state index in [4.69, 9.17) is 20.8 Å². The highest BCUT2D eigenvalue weighted by atomic mass is 35.5. The standard InChI is InChI=1S/C20H17ClN2O4/c1-12-8-9-16(15(21)10-12)22-17(24)11-26-20(25)18-13(2)27-19(23-18)14-6-4-3-5-7-14/h3-10H,11H2,1-2H3,(H,22,24). The number of aryl methyl sites for hydroxylation is 2. The van der Waals surface area contributed by atoms with Gasteiger partial charge in [0.2, 0.25) is 5.89 Å². The van der Waals surface area contributed by atoms with Crippen LogP contribution in [-0.4, -0.2) is 23.5 Å². The van der Waals surface area contributed by atoms with E-state index in [-0.39, 0.29) is 5.69 Å². The average molecular weight is 385 g/mol. The van der Waals surface area contributed by atoms with Gasteiger partial charge in [0.05, 0.1) is 10.7 Å². The topological polar surface area (TPSA) is 81.4 Å². The maximum absolute atomic E-state index is 12.2. The highest BCUT2D eigenvalue weighted by molar-refractivity contribution is 6.33. The van der Waals surface area contributed by atoms with Gasteiger partial charge >= 0.3 is 5.97 Å². The number of anilines is 1. The molecular weight excluding hydrogens is 368 g/mol. The van der Waals surface area contributed by atoms with Gasteiger partial charge in [0, 0.05) is 5.56 Å². The summed E-state index contributed by atoms with van der Waals surface area (Å²) in [7, 11) is 0. The van der Waals surface area contributed by atoms with E-state index < -0.39 is 18.5 Å². The minimum Gasteiger partial charge on any atom is -0.451 e. The van der Waals surface area contributed by atoms with Crippen molar-refractivity contribution in [1.82, 2.24) is 4.98 Å². The van der Waals surface area contributed by atoms with Crippen molar-refractivity contribution < 1.29 is 18.7 Å². The van der Waals surface area contributed by atoms with Gasteiger partial charge in [0.15, 0.2) is 12.3 Å². The van der Waals surface area contributed by atoms with Crippen LogP contribution in [0, 0.1) is 13.8 Å².